The average Bonchev–Trinajstić information content (AvgIpc) is 3.17. The van der Waals surface area contributed by atoms with Gasteiger partial charge in [-0.25, -0.2) is 0 Å². The first kappa shape index (κ1) is 17.9. The minimum Gasteiger partial charge on any atom is -0.304 e. The zero-order valence-electron chi connectivity index (χ0n) is 16.7. The van der Waals surface area contributed by atoms with Gasteiger partial charge in [-0.05, 0) is 64.3 Å². The zero-order chi connectivity index (χ0) is 19.9. The van der Waals surface area contributed by atoms with Crippen LogP contribution >= 0.6 is 11.3 Å². The molecule has 0 saturated heterocycles. The number of hydrogen-bond acceptors (Lipinski definition) is 2. The van der Waals surface area contributed by atoms with Crippen molar-refractivity contribution in [2.45, 2.75) is 24.9 Å². The minimum atomic E-state index is 0.376. The maximum absolute atomic E-state index is 3.87. The van der Waals surface area contributed by atoms with Crippen LogP contribution in [0.15, 0.2) is 84.9 Å². The van der Waals surface area contributed by atoms with Crippen LogP contribution in [0, 0.1) is 0 Å². The molecular formula is C28H23NS. The molecule has 0 amide bonds. The molecule has 2 aliphatic carbocycles. The maximum Gasteiger partial charge on any atom is 0.0352 e. The number of hydrogen-bond donors (Lipinski definition) is 1. The van der Waals surface area contributed by atoms with Crippen molar-refractivity contribution in [2.75, 3.05) is 0 Å². The molecule has 0 bridgehead atoms. The first-order valence-electron chi connectivity index (χ1n) is 10.6. The summed E-state index contributed by atoms with van der Waals surface area (Å²) in [6.07, 6.45) is 11.4. The van der Waals surface area contributed by atoms with Crippen LogP contribution in [0.3, 0.4) is 0 Å². The molecule has 0 radical (unpaired) electrons. The Kier molecular flexibility index (Phi) is 4.40. The SMILES string of the molecule is C1=CC(NC2C=Cc3sc4ccccc4c3C2)Cc2ccc(-c3ccccc3)cc21. The summed E-state index contributed by atoms with van der Waals surface area (Å²) in [5.41, 5.74) is 6.84. The molecule has 30 heavy (non-hydrogen) atoms. The summed E-state index contributed by atoms with van der Waals surface area (Å²) in [4.78, 5) is 1.42. The lowest BCUT2D eigenvalue weighted by molar-refractivity contribution is 0.522. The molecule has 0 fully saturated rings. The van der Waals surface area contributed by atoms with Gasteiger partial charge in [0.15, 0.2) is 0 Å². The van der Waals surface area contributed by atoms with Crippen LogP contribution in [0.4, 0.5) is 0 Å². The molecule has 2 unspecified atom stereocenters. The average molecular weight is 406 g/mol. The fraction of sp³-hybridized carbons (Fsp3) is 0.143. The lowest BCUT2D eigenvalue weighted by atomic mass is 9.90. The lowest BCUT2D eigenvalue weighted by Crippen LogP contribution is -2.40. The predicted octanol–water partition coefficient (Wildman–Crippen LogP) is 6.73. The number of rotatable bonds is 3. The Balaban J connectivity index is 1.20. The number of nitrogens with one attached hydrogen (secondary N) is 1. The van der Waals surface area contributed by atoms with Gasteiger partial charge < -0.3 is 5.32 Å². The summed E-state index contributed by atoms with van der Waals surface area (Å²) in [5.74, 6) is 0. The third-order valence-corrected chi connectivity index (χ3v) is 7.44. The van der Waals surface area contributed by atoms with E-state index in [0.717, 1.165) is 12.8 Å². The van der Waals surface area contributed by atoms with Gasteiger partial charge in [-0.2, -0.15) is 0 Å². The van der Waals surface area contributed by atoms with Crippen LogP contribution in [0.2, 0.25) is 0 Å². The van der Waals surface area contributed by atoms with Gasteiger partial charge >= 0.3 is 0 Å². The van der Waals surface area contributed by atoms with E-state index in [0.29, 0.717) is 12.1 Å². The first-order chi connectivity index (χ1) is 14.8. The highest BCUT2D eigenvalue weighted by Crippen LogP contribution is 2.35. The largest absolute Gasteiger partial charge is 0.304 e. The van der Waals surface area contributed by atoms with E-state index in [1.165, 1.54) is 42.8 Å². The quantitative estimate of drug-likeness (QED) is 0.398. The van der Waals surface area contributed by atoms with Crippen LogP contribution in [-0.4, -0.2) is 12.1 Å². The van der Waals surface area contributed by atoms with E-state index in [1.807, 2.05) is 11.3 Å². The highest BCUT2D eigenvalue weighted by molar-refractivity contribution is 7.20. The molecule has 2 aliphatic rings. The highest BCUT2D eigenvalue weighted by atomic mass is 32.1. The highest BCUT2D eigenvalue weighted by Gasteiger charge is 2.22. The van der Waals surface area contributed by atoms with Gasteiger partial charge in [-0.1, -0.05) is 78.9 Å². The summed E-state index contributed by atoms with van der Waals surface area (Å²) in [6.45, 7) is 0. The molecule has 6 rings (SSSR count). The van der Waals surface area contributed by atoms with Crippen molar-refractivity contribution < 1.29 is 0 Å². The molecule has 4 aromatic rings. The van der Waals surface area contributed by atoms with E-state index < -0.39 is 0 Å². The lowest BCUT2D eigenvalue weighted by Gasteiger charge is -2.27. The van der Waals surface area contributed by atoms with Crippen LogP contribution < -0.4 is 5.32 Å². The Morgan fingerprint density at radius 1 is 0.733 bits per heavy atom. The second-order valence-electron chi connectivity index (χ2n) is 8.23. The van der Waals surface area contributed by atoms with Crippen LogP contribution in [0.5, 0.6) is 0 Å². The second kappa shape index (κ2) is 7.39. The van der Waals surface area contributed by atoms with E-state index in [-0.39, 0.29) is 0 Å². The van der Waals surface area contributed by atoms with E-state index in [9.17, 15) is 0 Å². The van der Waals surface area contributed by atoms with Crippen molar-refractivity contribution in [1.29, 1.82) is 0 Å². The minimum absolute atomic E-state index is 0.376. The molecule has 2 heteroatoms. The van der Waals surface area contributed by atoms with Gasteiger partial charge in [0.05, 0.1) is 0 Å². The van der Waals surface area contributed by atoms with Gasteiger partial charge in [0.25, 0.3) is 0 Å². The molecule has 1 N–H and O–H groups in total. The third kappa shape index (κ3) is 3.23. The smallest absolute Gasteiger partial charge is 0.0352 e. The summed E-state index contributed by atoms with van der Waals surface area (Å²) in [6, 6.07) is 27.1. The fourth-order valence-electron chi connectivity index (χ4n) is 4.73. The maximum atomic E-state index is 3.87. The molecule has 1 nitrogen and oxygen atoms in total. The second-order valence-corrected chi connectivity index (χ2v) is 9.31. The van der Waals surface area contributed by atoms with E-state index in [1.54, 1.807) is 0 Å². The fourth-order valence-corrected chi connectivity index (χ4v) is 5.88. The molecule has 0 saturated carbocycles. The number of benzene rings is 3. The summed E-state index contributed by atoms with van der Waals surface area (Å²) >= 11 is 1.91. The third-order valence-electron chi connectivity index (χ3n) is 6.26. The van der Waals surface area contributed by atoms with Gasteiger partial charge in [0, 0.05) is 21.7 Å². The van der Waals surface area contributed by atoms with Gasteiger partial charge in [-0.3, -0.25) is 0 Å². The summed E-state index contributed by atoms with van der Waals surface area (Å²) < 4.78 is 1.40. The summed E-state index contributed by atoms with van der Waals surface area (Å²) in [7, 11) is 0. The molecular weight excluding hydrogens is 382 g/mol. The van der Waals surface area contributed by atoms with Crippen molar-refractivity contribution >= 4 is 33.6 Å². The standard InChI is InChI=1S/C28H23NS/c1-2-6-19(7-3-1)20-10-11-22-17-23(13-12-21(22)16-20)29-24-14-15-28-26(18-24)25-8-4-5-9-27(25)30-28/h1-16,23-24,29H,17-18H2. The van der Waals surface area contributed by atoms with Gasteiger partial charge in [-0.15, -0.1) is 11.3 Å². The molecule has 2 atom stereocenters. The van der Waals surface area contributed by atoms with Crippen LogP contribution in [-0.2, 0) is 12.8 Å². The number of fused-ring (bicyclic) bond motifs is 4. The summed E-state index contributed by atoms with van der Waals surface area (Å²) in [5, 5.41) is 5.29. The van der Waals surface area contributed by atoms with E-state index in [2.05, 4.69) is 102 Å². The Morgan fingerprint density at radius 2 is 1.53 bits per heavy atom. The monoisotopic (exact) mass is 405 g/mol. The Labute approximate surface area is 181 Å². The van der Waals surface area contributed by atoms with Crippen LogP contribution in [0.1, 0.15) is 21.6 Å². The zero-order valence-corrected chi connectivity index (χ0v) is 17.5. The van der Waals surface area contributed by atoms with Crippen molar-refractivity contribution in [1.82, 2.24) is 5.32 Å². The van der Waals surface area contributed by atoms with E-state index >= 15 is 0 Å². The van der Waals surface area contributed by atoms with Gasteiger partial charge in [0.1, 0.15) is 0 Å². The Hall–Kier alpha value is -2.94. The van der Waals surface area contributed by atoms with Crippen molar-refractivity contribution in [2.24, 2.45) is 0 Å². The predicted molar refractivity (Wildman–Crippen MR) is 130 cm³/mol. The molecule has 0 aliphatic heterocycles. The first-order valence-corrected chi connectivity index (χ1v) is 11.5. The van der Waals surface area contributed by atoms with Crippen molar-refractivity contribution in [3.8, 4) is 11.1 Å². The normalized spacial score (nSPS) is 19.6. The topological polar surface area (TPSA) is 12.0 Å². The van der Waals surface area contributed by atoms with Crippen LogP contribution in [0.25, 0.3) is 33.4 Å². The molecule has 1 heterocycles. The molecule has 146 valence electrons. The van der Waals surface area contributed by atoms with E-state index in [4.69, 9.17) is 0 Å². The number of thiophene rings is 1. The molecule has 0 spiro atoms. The Bertz CT molecular complexity index is 1280. The molecule has 3 aromatic carbocycles. The molecule has 1 aromatic heterocycles. The Morgan fingerprint density at radius 3 is 2.47 bits per heavy atom. The van der Waals surface area contributed by atoms with Crippen molar-refractivity contribution in [3.63, 3.8) is 0 Å². The van der Waals surface area contributed by atoms with Crippen molar-refractivity contribution in [3.05, 3.63) is 107 Å². The van der Waals surface area contributed by atoms with Gasteiger partial charge in [0.2, 0.25) is 0 Å².